The van der Waals surface area contributed by atoms with Gasteiger partial charge >= 0.3 is 6.18 Å². The van der Waals surface area contributed by atoms with E-state index < -0.39 is 23.6 Å². The largest absolute Gasteiger partial charge is 0.419 e. The Hall–Kier alpha value is -1.18. The van der Waals surface area contributed by atoms with Crippen molar-refractivity contribution in [1.29, 1.82) is 0 Å². The van der Waals surface area contributed by atoms with E-state index in [2.05, 4.69) is 5.32 Å². The molecule has 0 spiro atoms. The fraction of sp³-hybridized carbons (Fsp3) is 0.600. The van der Waals surface area contributed by atoms with Crippen LogP contribution in [0.1, 0.15) is 30.0 Å². The van der Waals surface area contributed by atoms with Gasteiger partial charge in [-0.3, -0.25) is 4.90 Å². The molecule has 0 bridgehead atoms. The summed E-state index contributed by atoms with van der Waals surface area (Å²) in [5.41, 5.74) is -1.22. The third-order valence-corrected chi connectivity index (χ3v) is 3.92. The maximum atomic E-state index is 13.8. The Morgan fingerprint density at radius 2 is 1.91 bits per heavy atom. The monoisotopic (exact) mass is 320 g/mol. The molecule has 2 rings (SSSR count). The quantitative estimate of drug-likeness (QED) is 0.819. The topological polar surface area (TPSA) is 35.5 Å². The summed E-state index contributed by atoms with van der Waals surface area (Å²) in [7, 11) is 0. The molecule has 22 heavy (non-hydrogen) atoms. The lowest BCUT2D eigenvalue weighted by atomic mass is 9.94. The van der Waals surface area contributed by atoms with E-state index in [9.17, 15) is 17.6 Å². The first kappa shape index (κ1) is 17.2. The highest BCUT2D eigenvalue weighted by atomic mass is 19.4. The van der Waals surface area contributed by atoms with E-state index in [0.717, 1.165) is 6.07 Å². The Labute approximate surface area is 126 Å². The molecular weight excluding hydrogens is 300 g/mol. The number of rotatable bonds is 5. The van der Waals surface area contributed by atoms with E-state index in [0.29, 0.717) is 39.0 Å². The van der Waals surface area contributed by atoms with Gasteiger partial charge in [0.1, 0.15) is 5.82 Å². The summed E-state index contributed by atoms with van der Waals surface area (Å²) in [5.74, 6) is -1.24. The number of aliphatic hydroxyl groups excluding tert-OH is 1. The maximum Gasteiger partial charge on any atom is 0.419 e. The molecule has 0 amide bonds. The summed E-state index contributed by atoms with van der Waals surface area (Å²) in [4.78, 5) is 1.93. The molecule has 7 heteroatoms. The smallest absolute Gasteiger partial charge is 0.396 e. The van der Waals surface area contributed by atoms with Gasteiger partial charge < -0.3 is 10.4 Å². The molecule has 1 saturated heterocycles. The molecule has 124 valence electrons. The van der Waals surface area contributed by atoms with E-state index in [1.54, 1.807) is 0 Å². The number of benzene rings is 1. The van der Waals surface area contributed by atoms with E-state index in [-0.39, 0.29) is 12.2 Å². The summed E-state index contributed by atoms with van der Waals surface area (Å²) in [5, 5.41) is 12.2. The van der Waals surface area contributed by atoms with Crippen molar-refractivity contribution in [2.45, 2.75) is 25.1 Å². The van der Waals surface area contributed by atoms with E-state index in [4.69, 9.17) is 5.11 Å². The van der Waals surface area contributed by atoms with Gasteiger partial charge in [0.25, 0.3) is 0 Å². The molecule has 1 aliphatic heterocycles. The summed E-state index contributed by atoms with van der Waals surface area (Å²) in [6.45, 7) is 2.48. The van der Waals surface area contributed by atoms with Crippen LogP contribution in [0.2, 0.25) is 0 Å². The predicted molar refractivity (Wildman–Crippen MR) is 74.9 cm³/mol. The van der Waals surface area contributed by atoms with Crippen LogP contribution in [0.4, 0.5) is 17.6 Å². The van der Waals surface area contributed by atoms with Crippen molar-refractivity contribution >= 4 is 0 Å². The zero-order chi connectivity index (χ0) is 16.2. The van der Waals surface area contributed by atoms with Gasteiger partial charge in [0, 0.05) is 38.8 Å². The van der Waals surface area contributed by atoms with Crippen LogP contribution in [0.3, 0.4) is 0 Å². The average Bonchev–Trinajstić information content (AvgIpc) is 2.47. The number of halogens is 4. The zero-order valence-corrected chi connectivity index (χ0v) is 12.2. The summed E-state index contributed by atoms with van der Waals surface area (Å²) in [6.07, 6.45) is -3.99. The van der Waals surface area contributed by atoms with Gasteiger partial charge in [-0.15, -0.1) is 0 Å². The van der Waals surface area contributed by atoms with Gasteiger partial charge in [0.05, 0.1) is 5.56 Å². The van der Waals surface area contributed by atoms with Crippen molar-refractivity contribution in [3.05, 3.63) is 35.1 Å². The van der Waals surface area contributed by atoms with Crippen LogP contribution in [0.15, 0.2) is 18.2 Å². The molecule has 0 saturated carbocycles. The van der Waals surface area contributed by atoms with Gasteiger partial charge in [0.15, 0.2) is 0 Å². The second-order valence-corrected chi connectivity index (χ2v) is 5.37. The molecule has 0 aliphatic carbocycles. The number of hydrogen-bond acceptors (Lipinski definition) is 3. The Kier molecular flexibility index (Phi) is 5.77. The highest BCUT2D eigenvalue weighted by Gasteiger charge is 2.39. The summed E-state index contributed by atoms with van der Waals surface area (Å²) >= 11 is 0. The maximum absolute atomic E-state index is 13.8. The Morgan fingerprint density at radius 1 is 1.23 bits per heavy atom. The molecule has 0 aromatic heterocycles. The van der Waals surface area contributed by atoms with Crippen LogP contribution in [0.25, 0.3) is 0 Å². The van der Waals surface area contributed by atoms with Crippen LogP contribution >= 0.6 is 0 Å². The molecule has 1 aromatic rings. The second-order valence-electron chi connectivity index (χ2n) is 5.37. The average molecular weight is 320 g/mol. The van der Waals surface area contributed by atoms with Gasteiger partial charge in [0.2, 0.25) is 0 Å². The van der Waals surface area contributed by atoms with E-state index in [1.165, 1.54) is 12.1 Å². The molecule has 1 fully saturated rings. The fourth-order valence-corrected chi connectivity index (χ4v) is 2.93. The van der Waals surface area contributed by atoms with Gasteiger partial charge in [-0.1, -0.05) is 12.1 Å². The zero-order valence-electron chi connectivity index (χ0n) is 12.2. The lowest BCUT2D eigenvalue weighted by molar-refractivity contribution is -0.141. The third kappa shape index (κ3) is 3.97. The molecule has 0 unspecified atom stereocenters. The molecule has 0 radical (unpaired) electrons. The van der Waals surface area contributed by atoms with Crippen molar-refractivity contribution in [2.75, 3.05) is 32.8 Å². The van der Waals surface area contributed by atoms with Gasteiger partial charge in [-0.2, -0.15) is 13.2 Å². The van der Waals surface area contributed by atoms with E-state index in [1.807, 2.05) is 4.90 Å². The summed E-state index contributed by atoms with van der Waals surface area (Å²) in [6, 6.07) is 2.96. The first-order valence-electron chi connectivity index (χ1n) is 7.36. The number of alkyl halides is 3. The molecule has 1 aromatic carbocycles. The predicted octanol–water partition coefficient (Wildman–Crippen LogP) is 2.56. The van der Waals surface area contributed by atoms with Crippen LogP contribution < -0.4 is 5.32 Å². The fourth-order valence-electron chi connectivity index (χ4n) is 2.93. The Morgan fingerprint density at radius 3 is 2.50 bits per heavy atom. The minimum absolute atomic E-state index is 0.0390. The van der Waals surface area contributed by atoms with Crippen molar-refractivity contribution in [2.24, 2.45) is 0 Å². The normalized spacial score (nSPS) is 18.4. The van der Waals surface area contributed by atoms with Crippen LogP contribution in [-0.4, -0.2) is 42.8 Å². The van der Waals surface area contributed by atoms with Crippen LogP contribution in [-0.2, 0) is 6.18 Å². The lowest BCUT2D eigenvalue weighted by Gasteiger charge is -2.36. The Bertz CT molecular complexity index is 487. The second kappa shape index (κ2) is 7.39. The SMILES string of the molecule is OCCC[C@@H](c1cccc(F)c1C(F)(F)F)N1CCNCC1. The minimum atomic E-state index is -4.73. The molecule has 3 nitrogen and oxygen atoms in total. The first-order chi connectivity index (χ1) is 10.4. The van der Waals surface area contributed by atoms with Crippen molar-refractivity contribution in [3.63, 3.8) is 0 Å². The number of nitrogens with one attached hydrogen (secondary N) is 1. The van der Waals surface area contributed by atoms with Crippen LogP contribution in [0, 0.1) is 5.82 Å². The Balaban J connectivity index is 2.40. The van der Waals surface area contributed by atoms with Gasteiger partial charge in [-0.05, 0) is 24.5 Å². The molecule has 2 N–H and O–H groups in total. The summed E-state index contributed by atoms with van der Waals surface area (Å²) < 4.78 is 53.5. The van der Waals surface area contributed by atoms with Gasteiger partial charge in [-0.25, -0.2) is 4.39 Å². The highest BCUT2D eigenvalue weighted by molar-refractivity contribution is 5.34. The number of nitrogens with zero attached hydrogens (tertiary/aromatic N) is 1. The molecule has 1 heterocycles. The number of aliphatic hydroxyl groups is 1. The number of hydrogen-bond donors (Lipinski definition) is 2. The standard InChI is InChI=1S/C15H20F4N2O/c16-12-4-1-3-11(14(12)15(17,18)19)13(5-2-10-22)21-8-6-20-7-9-21/h1,3-4,13,20,22H,2,5-10H2/t13-/m0/s1. The minimum Gasteiger partial charge on any atom is -0.396 e. The third-order valence-electron chi connectivity index (χ3n) is 3.92. The van der Waals surface area contributed by atoms with E-state index >= 15 is 0 Å². The molecule has 1 aliphatic rings. The first-order valence-corrected chi connectivity index (χ1v) is 7.36. The van der Waals surface area contributed by atoms with Crippen molar-refractivity contribution < 1.29 is 22.7 Å². The van der Waals surface area contributed by atoms with Crippen molar-refractivity contribution in [3.8, 4) is 0 Å². The lowest BCUT2D eigenvalue weighted by Crippen LogP contribution is -2.45. The van der Waals surface area contributed by atoms with Crippen molar-refractivity contribution in [1.82, 2.24) is 10.2 Å². The highest BCUT2D eigenvalue weighted by Crippen LogP contribution is 2.39. The molecular formula is C15H20F4N2O. The molecule has 1 atom stereocenters. The van der Waals surface area contributed by atoms with Crippen LogP contribution in [0.5, 0.6) is 0 Å². The number of piperazine rings is 1.